The van der Waals surface area contributed by atoms with Gasteiger partial charge in [0.2, 0.25) is 0 Å². The van der Waals surface area contributed by atoms with Crippen LogP contribution in [0.15, 0.2) is 181 Å². The molecule has 0 N–H and O–H groups in total. The van der Waals surface area contributed by atoms with Crippen LogP contribution in [0.25, 0.3) is 49.8 Å². The Kier molecular flexibility index (Phi) is 7.00. The number of rotatable bonds is 5. The van der Waals surface area contributed by atoms with Gasteiger partial charge in [0.15, 0.2) is 0 Å². The molecule has 1 aliphatic carbocycles. The smallest absolute Gasteiger partial charge is 0.145 e. The number of fused-ring (bicyclic) bond motifs is 6. The summed E-state index contributed by atoms with van der Waals surface area (Å²) in [5.41, 5.74) is 14.9. The summed E-state index contributed by atoms with van der Waals surface area (Å²) in [4.78, 5) is 5.33. The SMILES string of the molecule is C=C(/N=C(\c1ccccc1C)n1c2ccccc2c2c(-c3ccc4c(c3)C(C)(c3ccccc3)c3ccccc3-4)cccc21)c1ccccc1. The first-order valence-corrected chi connectivity index (χ1v) is 17.3. The average molecular weight is 641 g/mol. The predicted molar refractivity (Wildman–Crippen MR) is 211 cm³/mol. The van der Waals surface area contributed by atoms with E-state index in [1.165, 1.54) is 49.7 Å². The molecule has 0 aliphatic heterocycles. The second-order valence-corrected chi connectivity index (χ2v) is 13.4. The first-order chi connectivity index (χ1) is 24.5. The van der Waals surface area contributed by atoms with E-state index in [1.54, 1.807) is 0 Å². The number of benzene rings is 7. The van der Waals surface area contributed by atoms with Crippen molar-refractivity contribution in [3.05, 3.63) is 210 Å². The van der Waals surface area contributed by atoms with Gasteiger partial charge >= 0.3 is 0 Å². The molecule has 2 nitrogen and oxygen atoms in total. The molecule has 8 aromatic rings. The van der Waals surface area contributed by atoms with Gasteiger partial charge in [0.1, 0.15) is 5.84 Å². The number of aliphatic imine (C=N–C) groups is 1. The predicted octanol–water partition coefficient (Wildman–Crippen LogP) is 12.1. The molecule has 0 saturated carbocycles. The van der Waals surface area contributed by atoms with Gasteiger partial charge in [0, 0.05) is 21.8 Å². The fraction of sp³-hybridized carbons (Fsp3) is 0.0625. The molecule has 0 bridgehead atoms. The fourth-order valence-electron chi connectivity index (χ4n) is 8.11. The maximum Gasteiger partial charge on any atom is 0.145 e. The van der Waals surface area contributed by atoms with E-state index in [0.717, 1.165) is 39.3 Å². The second kappa shape index (κ2) is 11.7. The van der Waals surface area contributed by atoms with Crippen LogP contribution in [0.2, 0.25) is 0 Å². The summed E-state index contributed by atoms with van der Waals surface area (Å²) < 4.78 is 2.34. The normalized spacial score (nSPS) is 15.3. The summed E-state index contributed by atoms with van der Waals surface area (Å²) in [5, 5.41) is 2.41. The molecule has 1 aromatic heterocycles. The Morgan fingerprint density at radius 2 is 1.22 bits per heavy atom. The number of nitrogens with zero attached hydrogens (tertiary/aromatic N) is 2. The molecule has 1 aliphatic rings. The van der Waals surface area contributed by atoms with Crippen molar-refractivity contribution in [3.8, 4) is 22.3 Å². The van der Waals surface area contributed by atoms with Gasteiger partial charge in [-0.2, -0.15) is 0 Å². The van der Waals surface area contributed by atoms with E-state index in [4.69, 9.17) is 4.99 Å². The molecular formula is C48H36N2. The average Bonchev–Trinajstić information content (AvgIpc) is 3.65. The maximum atomic E-state index is 5.33. The number of para-hydroxylation sites is 1. The molecule has 2 heteroatoms. The van der Waals surface area contributed by atoms with E-state index in [9.17, 15) is 0 Å². The molecule has 0 radical (unpaired) electrons. The lowest BCUT2D eigenvalue weighted by Crippen LogP contribution is -2.22. The minimum absolute atomic E-state index is 0.270. The van der Waals surface area contributed by atoms with Crippen LogP contribution < -0.4 is 0 Å². The minimum atomic E-state index is -0.270. The Morgan fingerprint density at radius 1 is 0.580 bits per heavy atom. The van der Waals surface area contributed by atoms with Crippen molar-refractivity contribution in [2.75, 3.05) is 0 Å². The largest absolute Gasteiger partial charge is 0.293 e. The van der Waals surface area contributed by atoms with Crippen molar-refractivity contribution in [1.29, 1.82) is 0 Å². The maximum absolute atomic E-state index is 5.33. The Labute approximate surface area is 293 Å². The lowest BCUT2D eigenvalue weighted by molar-refractivity contribution is 0.714. The van der Waals surface area contributed by atoms with Gasteiger partial charge in [-0.1, -0.05) is 158 Å². The summed E-state index contributed by atoms with van der Waals surface area (Å²) in [6.07, 6.45) is 0. The topological polar surface area (TPSA) is 17.3 Å². The van der Waals surface area contributed by atoms with E-state index >= 15 is 0 Å². The van der Waals surface area contributed by atoms with E-state index in [0.29, 0.717) is 0 Å². The monoisotopic (exact) mass is 640 g/mol. The summed E-state index contributed by atoms with van der Waals surface area (Å²) >= 11 is 0. The zero-order valence-corrected chi connectivity index (χ0v) is 28.3. The summed E-state index contributed by atoms with van der Waals surface area (Å²) in [6, 6.07) is 61.1. The Balaban J connectivity index is 1.30. The quantitative estimate of drug-likeness (QED) is 0.132. The van der Waals surface area contributed by atoms with Gasteiger partial charge in [0.25, 0.3) is 0 Å². The number of hydrogen-bond acceptors (Lipinski definition) is 1. The molecule has 238 valence electrons. The third-order valence-corrected chi connectivity index (χ3v) is 10.6. The van der Waals surface area contributed by atoms with Gasteiger partial charge in [-0.25, -0.2) is 4.99 Å². The van der Waals surface area contributed by atoms with Crippen LogP contribution >= 0.6 is 0 Å². The van der Waals surface area contributed by atoms with E-state index in [2.05, 4.69) is 177 Å². The Bertz CT molecular complexity index is 2620. The van der Waals surface area contributed by atoms with Crippen LogP contribution in [0.5, 0.6) is 0 Å². The van der Waals surface area contributed by atoms with Crippen LogP contribution in [0.1, 0.15) is 40.3 Å². The molecule has 0 fully saturated rings. The van der Waals surface area contributed by atoms with Crippen LogP contribution in [0, 0.1) is 6.92 Å². The number of hydrogen-bond donors (Lipinski definition) is 0. The lowest BCUT2D eigenvalue weighted by Gasteiger charge is -2.28. The van der Waals surface area contributed by atoms with Gasteiger partial charge in [-0.3, -0.25) is 4.57 Å². The van der Waals surface area contributed by atoms with E-state index < -0.39 is 0 Å². The van der Waals surface area contributed by atoms with Crippen LogP contribution in [-0.4, -0.2) is 10.4 Å². The molecule has 50 heavy (non-hydrogen) atoms. The highest BCUT2D eigenvalue weighted by atomic mass is 15.1. The lowest BCUT2D eigenvalue weighted by atomic mass is 9.74. The molecule has 0 saturated heterocycles. The molecule has 1 unspecified atom stereocenters. The van der Waals surface area contributed by atoms with Crippen molar-refractivity contribution in [2.45, 2.75) is 19.3 Å². The van der Waals surface area contributed by atoms with Gasteiger partial charge in [0.05, 0.1) is 16.7 Å². The molecule has 7 aromatic carbocycles. The highest BCUT2D eigenvalue weighted by Gasteiger charge is 2.40. The van der Waals surface area contributed by atoms with Gasteiger partial charge in [-0.05, 0) is 82.1 Å². The van der Waals surface area contributed by atoms with Crippen molar-refractivity contribution >= 4 is 33.3 Å². The van der Waals surface area contributed by atoms with E-state index in [1.807, 2.05) is 18.2 Å². The molecule has 1 atom stereocenters. The highest BCUT2D eigenvalue weighted by Crippen LogP contribution is 2.53. The molecule has 1 heterocycles. The second-order valence-electron chi connectivity index (χ2n) is 13.4. The van der Waals surface area contributed by atoms with Crippen molar-refractivity contribution < 1.29 is 0 Å². The molecule has 9 rings (SSSR count). The van der Waals surface area contributed by atoms with Crippen LogP contribution in [-0.2, 0) is 5.41 Å². The van der Waals surface area contributed by atoms with Crippen LogP contribution in [0.3, 0.4) is 0 Å². The van der Waals surface area contributed by atoms with Gasteiger partial charge in [-0.15, -0.1) is 0 Å². The van der Waals surface area contributed by atoms with E-state index in [-0.39, 0.29) is 5.41 Å². The fourth-order valence-corrected chi connectivity index (χ4v) is 8.11. The molecule has 0 spiro atoms. The summed E-state index contributed by atoms with van der Waals surface area (Å²) in [6.45, 7) is 8.98. The first-order valence-electron chi connectivity index (χ1n) is 17.3. The summed E-state index contributed by atoms with van der Waals surface area (Å²) in [7, 11) is 0. The zero-order valence-electron chi connectivity index (χ0n) is 28.3. The van der Waals surface area contributed by atoms with Crippen LogP contribution in [0.4, 0.5) is 0 Å². The standard InChI is InChI=1S/C48H36N2/c1-32-17-10-11-22-37(32)47(49-33(2)34-18-6-4-7-19-34)50-44-27-15-13-24-41(44)46-38(25-16-28-45(46)50)35-29-30-40-39-23-12-14-26-42(39)48(3,43(40)31-35)36-20-8-5-9-21-36/h4-31H,2H2,1,3H3/b49-47+. The molecule has 0 amide bonds. The third kappa shape index (κ3) is 4.53. The zero-order chi connectivity index (χ0) is 33.8. The van der Waals surface area contributed by atoms with Gasteiger partial charge < -0.3 is 0 Å². The van der Waals surface area contributed by atoms with Crippen molar-refractivity contribution in [1.82, 2.24) is 4.57 Å². The minimum Gasteiger partial charge on any atom is -0.293 e. The number of aromatic nitrogens is 1. The summed E-state index contributed by atoms with van der Waals surface area (Å²) in [5.74, 6) is 0.862. The molecular weight excluding hydrogens is 605 g/mol. The van der Waals surface area contributed by atoms with Crippen molar-refractivity contribution in [2.24, 2.45) is 4.99 Å². The van der Waals surface area contributed by atoms with Crippen molar-refractivity contribution in [3.63, 3.8) is 0 Å². The first kappa shape index (κ1) is 29.9. The highest BCUT2D eigenvalue weighted by molar-refractivity contribution is 6.22. The number of aryl methyl sites for hydroxylation is 1. The third-order valence-electron chi connectivity index (χ3n) is 10.6. The Morgan fingerprint density at radius 3 is 2.04 bits per heavy atom. The Hall–Kier alpha value is -6.25.